The Morgan fingerprint density at radius 1 is 1.03 bits per heavy atom. The lowest BCUT2D eigenvalue weighted by molar-refractivity contribution is 0.0700. The summed E-state index contributed by atoms with van der Waals surface area (Å²) in [7, 11) is -2.66. The van der Waals surface area contributed by atoms with E-state index >= 15 is 0 Å². The summed E-state index contributed by atoms with van der Waals surface area (Å²) < 4.78 is 7.51. The molecular formula is C32H46O2Si. The minimum atomic E-state index is -2.66. The first kappa shape index (κ1) is 27.6. The smallest absolute Gasteiger partial charge is 0.261 e. The molecule has 0 radical (unpaired) electrons. The molecule has 1 aliphatic rings. The van der Waals surface area contributed by atoms with Crippen molar-refractivity contribution in [1.29, 1.82) is 0 Å². The molecular weight excluding hydrogens is 444 g/mol. The van der Waals surface area contributed by atoms with Gasteiger partial charge in [-0.25, -0.2) is 0 Å². The molecule has 0 saturated carbocycles. The van der Waals surface area contributed by atoms with Gasteiger partial charge in [0.25, 0.3) is 8.32 Å². The second-order valence-corrected chi connectivity index (χ2v) is 16.0. The molecule has 0 amide bonds. The van der Waals surface area contributed by atoms with Gasteiger partial charge in [-0.2, -0.15) is 0 Å². The average Bonchev–Trinajstić information content (AvgIpc) is 2.83. The van der Waals surface area contributed by atoms with Crippen molar-refractivity contribution >= 4 is 18.7 Å². The maximum atomic E-state index is 10.5. The molecule has 1 aliphatic carbocycles. The number of hydrogen-bond acceptors (Lipinski definition) is 2. The maximum Gasteiger partial charge on any atom is 0.261 e. The van der Waals surface area contributed by atoms with Gasteiger partial charge in [0.05, 0.1) is 0 Å². The highest BCUT2D eigenvalue weighted by Gasteiger charge is 2.51. The Kier molecular flexibility index (Phi) is 9.37. The van der Waals surface area contributed by atoms with Crippen LogP contribution in [-0.4, -0.2) is 26.1 Å². The Bertz CT molecular complexity index is 919. The molecule has 0 bridgehead atoms. The fourth-order valence-electron chi connectivity index (χ4n) is 6.28. The molecule has 3 heteroatoms. The number of rotatable bonds is 10. The zero-order chi connectivity index (χ0) is 25.6. The van der Waals surface area contributed by atoms with Crippen LogP contribution in [0.4, 0.5) is 0 Å². The third-order valence-electron chi connectivity index (χ3n) is 8.14. The minimum absolute atomic E-state index is 0.0344. The van der Waals surface area contributed by atoms with Crippen molar-refractivity contribution < 1.29 is 9.53 Å². The van der Waals surface area contributed by atoms with Gasteiger partial charge >= 0.3 is 0 Å². The Labute approximate surface area is 215 Å². The van der Waals surface area contributed by atoms with Crippen molar-refractivity contribution in [1.82, 2.24) is 0 Å². The molecule has 4 atom stereocenters. The van der Waals surface area contributed by atoms with E-state index < -0.39 is 8.32 Å². The van der Waals surface area contributed by atoms with Gasteiger partial charge in [0.1, 0.15) is 0 Å². The Balaban J connectivity index is 2.08. The summed E-state index contributed by atoms with van der Waals surface area (Å²) in [6.07, 6.45) is 7.24. The summed E-state index contributed by atoms with van der Waals surface area (Å²) in [5, 5.41) is 13.0. The van der Waals surface area contributed by atoms with Crippen molar-refractivity contribution in [2.45, 2.75) is 71.9 Å². The molecule has 3 rings (SSSR count). The minimum Gasteiger partial charge on any atom is -0.404 e. The molecule has 0 aromatic heterocycles. The van der Waals surface area contributed by atoms with Crippen LogP contribution in [0.3, 0.4) is 0 Å². The summed E-state index contributed by atoms with van der Waals surface area (Å²) in [4.78, 5) is 0. The van der Waals surface area contributed by atoms with Gasteiger partial charge in [-0.05, 0) is 65.3 Å². The van der Waals surface area contributed by atoms with E-state index in [2.05, 4.69) is 115 Å². The molecule has 190 valence electrons. The van der Waals surface area contributed by atoms with E-state index in [-0.39, 0.29) is 23.7 Å². The topological polar surface area (TPSA) is 29.5 Å². The Morgan fingerprint density at radius 3 is 2.00 bits per heavy atom. The molecule has 0 spiro atoms. The maximum absolute atomic E-state index is 10.5. The second kappa shape index (κ2) is 11.9. The standard InChI is InChI=1S/C32H46O2Si/c1-8-15-26(22-30-25(4)20-21-29(24(2)3)31(30)23-33)34-35(32(5,6)7,27-16-11-9-12-17-27)28-18-13-10-14-19-28/h8-14,16-20,24,26,29-31,33H,1,15,21-23H2,2-7H3/t26-,29-,30+,31+/m0/s1. The van der Waals surface area contributed by atoms with E-state index in [9.17, 15) is 5.11 Å². The van der Waals surface area contributed by atoms with Gasteiger partial charge in [0.2, 0.25) is 0 Å². The number of hydrogen-bond donors (Lipinski definition) is 1. The lowest BCUT2D eigenvalue weighted by Gasteiger charge is -2.46. The third kappa shape index (κ3) is 5.90. The van der Waals surface area contributed by atoms with Crippen LogP contribution in [0, 0.1) is 23.7 Å². The van der Waals surface area contributed by atoms with Gasteiger partial charge in [-0.15, -0.1) is 6.58 Å². The Hall–Kier alpha value is -1.94. The molecule has 2 aromatic carbocycles. The molecule has 1 N–H and O–H groups in total. The van der Waals surface area contributed by atoms with Crippen LogP contribution < -0.4 is 10.4 Å². The summed E-state index contributed by atoms with van der Waals surface area (Å²) in [6, 6.07) is 21.8. The molecule has 2 nitrogen and oxygen atoms in total. The highest BCUT2D eigenvalue weighted by molar-refractivity contribution is 6.99. The molecule has 35 heavy (non-hydrogen) atoms. The van der Waals surface area contributed by atoms with Crippen molar-refractivity contribution in [3.63, 3.8) is 0 Å². The Morgan fingerprint density at radius 2 is 1.57 bits per heavy atom. The monoisotopic (exact) mass is 490 g/mol. The van der Waals surface area contributed by atoms with E-state index in [0.717, 1.165) is 19.3 Å². The van der Waals surface area contributed by atoms with Crippen molar-refractivity contribution in [3.05, 3.63) is 85.0 Å². The quantitative estimate of drug-likeness (QED) is 0.295. The van der Waals surface area contributed by atoms with Gasteiger partial charge in [0.15, 0.2) is 0 Å². The summed E-state index contributed by atoms with van der Waals surface area (Å²) in [5.41, 5.74) is 1.40. The van der Waals surface area contributed by atoms with E-state index in [1.807, 2.05) is 6.08 Å². The van der Waals surface area contributed by atoms with Crippen molar-refractivity contribution in [3.8, 4) is 0 Å². The van der Waals surface area contributed by atoms with Gasteiger partial charge in [0, 0.05) is 12.7 Å². The van der Waals surface area contributed by atoms with E-state index in [0.29, 0.717) is 17.8 Å². The van der Waals surface area contributed by atoms with Crippen LogP contribution in [0.15, 0.2) is 85.0 Å². The highest BCUT2D eigenvalue weighted by Crippen LogP contribution is 2.43. The first-order valence-electron chi connectivity index (χ1n) is 13.3. The largest absolute Gasteiger partial charge is 0.404 e. The first-order valence-corrected chi connectivity index (χ1v) is 15.2. The van der Waals surface area contributed by atoms with E-state index in [4.69, 9.17) is 4.43 Å². The van der Waals surface area contributed by atoms with E-state index in [1.54, 1.807) is 0 Å². The summed E-state index contributed by atoms with van der Waals surface area (Å²) in [5.74, 6) is 1.65. The number of benzene rings is 2. The van der Waals surface area contributed by atoms with Gasteiger partial charge in [-0.1, -0.05) is 113 Å². The van der Waals surface area contributed by atoms with Crippen molar-refractivity contribution in [2.75, 3.05) is 6.61 Å². The zero-order valence-electron chi connectivity index (χ0n) is 22.7. The lowest BCUT2D eigenvalue weighted by atomic mass is 9.67. The van der Waals surface area contributed by atoms with Crippen LogP contribution in [0.2, 0.25) is 5.04 Å². The normalized spacial score (nSPS) is 22.1. The van der Waals surface area contributed by atoms with Gasteiger partial charge in [-0.3, -0.25) is 0 Å². The molecule has 0 unspecified atom stereocenters. The number of allylic oxidation sites excluding steroid dienone is 2. The SMILES string of the molecule is C=CC[C@@H](C[C@@H]1C(C)=CC[C@@H](C(C)C)[C@H]1CO)O[Si](c1ccccc1)(c1ccccc1)C(C)(C)C. The van der Waals surface area contributed by atoms with E-state index in [1.165, 1.54) is 15.9 Å². The lowest BCUT2D eigenvalue weighted by Crippen LogP contribution is -2.67. The molecule has 2 aromatic rings. The van der Waals surface area contributed by atoms with Crippen LogP contribution in [0.5, 0.6) is 0 Å². The fraction of sp³-hybridized carbons (Fsp3) is 0.500. The fourth-order valence-corrected chi connectivity index (χ4v) is 11.0. The van der Waals surface area contributed by atoms with Crippen molar-refractivity contribution in [2.24, 2.45) is 23.7 Å². The average molecular weight is 491 g/mol. The predicted molar refractivity (Wildman–Crippen MR) is 153 cm³/mol. The van der Waals surface area contributed by atoms with Gasteiger partial charge < -0.3 is 9.53 Å². The number of aliphatic hydroxyl groups excluding tert-OH is 1. The van der Waals surface area contributed by atoms with Crippen LogP contribution >= 0.6 is 0 Å². The highest BCUT2D eigenvalue weighted by atomic mass is 28.4. The second-order valence-electron chi connectivity index (χ2n) is 11.7. The molecule has 0 heterocycles. The first-order chi connectivity index (χ1) is 16.7. The number of aliphatic hydroxyl groups is 1. The summed E-state index contributed by atoms with van der Waals surface area (Å²) >= 11 is 0. The third-order valence-corrected chi connectivity index (χ3v) is 13.2. The van der Waals surface area contributed by atoms with Crippen LogP contribution in [0.1, 0.15) is 60.8 Å². The van der Waals surface area contributed by atoms with Crippen LogP contribution in [0.25, 0.3) is 0 Å². The van der Waals surface area contributed by atoms with Crippen LogP contribution in [-0.2, 0) is 4.43 Å². The molecule has 0 saturated heterocycles. The molecule has 0 fully saturated rings. The molecule has 0 aliphatic heterocycles. The predicted octanol–water partition coefficient (Wildman–Crippen LogP) is 6.74. The summed E-state index contributed by atoms with van der Waals surface area (Å²) in [6.45, 7) is 18.2. The zero-order valence-corrected chi connectivity index (χ0v) is 23.7.